The lowest BCUT2D eigenvalue weighted by Gasteiger charge is -2.36. The first-order valence-corrected chi connectivity index (χ1v) is 8.90. The maximum atomic E-state index is 12.8. The van der Waals surface area contributed by atoms with E-state index in [2.05, 4.69) is 27.3 Å². The number of carbonyl (C=O) groups excluding carboxylic acids is 2. The van der Waals surface area contributed by atoms with Crippen LogP contribution in [0.15, 0.2) is 48.8 Å². The van der Waals surface area contributed by atoms with E-state index in [0.29, 0.717) is 24.2 Å². The van der Waals surface area contributed by atoms with E-state index in [-0.39, 0.29) is 17.9 Å². The van der Waals surface area contributed by atoms with Crippen LogP contribution in [0, 0.1) is 0 Å². The zero-order chi connectivity index (χ0) is 18.5. The van der Waals surface area contributed by atoms with E-state index in [9.17, 15) is 9.59 Å². The summed E-state index contributed by atoms with van der Waals surface area (Å²) in [5.74, 6) is -0.291. The number of aromatic nitrogens is 1. The number of para-hydroxylation sites is 1. The molecule has 1 aromatic carbocycles. The van der Waals surface area contributed by atoms with Crippen molar-refractivity contribution in [3.05, 3.63) is 59.9 Å². The second-order valence-corrected chi connectivity index (χ2v) is 6.71. The van der Waals surface area contributed by atoms with Crippen LogP contribution in [0.3, 0.4) is 0 Å². The summed E-state index contributed by atoms with van der Waals surface area (Å²) in [4.78, 5) is 33.1. The van der Waals surface area contributed by atoms with Crippen molar-refractivity contribution in [2.24, 2.45) is 0 Å². The molecule has 3 rings (SSSR count). The molecule has 1 fully saturated rings. The lowest BCUT2D eigenvalue weighted by Crippen LogP contribution is -2.48. The molecule has 26 heavy (non-hydrogen) atoms. The molecule has 6 nitrogen and oxygen atoms in total. The molecular weight excluding hydrogens is 328 g/mol. The normalized spacial score (nSPS) is 14.4. The van der Waals surface area contributed by atoms with Gasteiger partial charge in [0.25, 0.3) is 11.8 Å². The topological polar surface area (TPSA) is 65.5 Å². The minimum atomic E-state index is -0.212. The molecule has 2 aromatic rings. The number of nitrogens with zero attached hydrogens (tertiary/aromatic N) is 3. The van der Waals surface area contributed by atoms with Crippen molar-refractivity contribution in [1.82, 2.24) is 15.2 Å². The van der Waals surface area contributed by atoms with E-state index in [0.717, 1.165) is 13.1 Å². The van der Waals surface area contributed by atoms with Gasteiger partial charge >= 0.3 is 0 Å². The van der Waals surface area contributed by atoms with E-state index in [1.807, 2.05) is 36.9 Å². The summed E-state index contributed by atoms with van der Waals surface area (Å²) in [5, 5.41) is 2.82. The Bertz CT molecular complexity index is 768. The number of rotatable bonds is 4. The molecule has 6 heteroatoms. The van der Waals surface area contributed by atoms with Gasteiger partial charge in [-0.05, 0) is 32.0 Å². The van der Waals surface area contributed by atoms with E-state index in [1.165, 1.54) is 18.1 Å². The first kappa shape index (κ1) is 17.9. The molecule has 1 saturated heterocycles. The first-order chi connectivity index (χ1) is 12.5. The molecule has 0 atom stereocenters. The predicted molar refractivity (Wildman–Crippen MR) is 101 cm³/mol. The van der Waals surface area contributed by atoms with E-state index in [1.54, 1.807) is 6.07 Å². The van der Waals surface area contributed by atoms with Gasteiger partial charge in [0.2, 0.25) is 0 Å². The number of pyridine rings is 1. The average molecular weight is 352 g/mol. The molecule has 1 aromatic heterocycles. The Labute approximate surface area is 153 Å². The van der Waals surface area contributed by atoms with Crippen LogP contribution >= 0.6 is 0 Å². The van der Waals surface area contributed by atoms with Gasteiger partial charge in [-0.1, -0.05) is 18.2 Å². The SMILES string of the molecule is CC(C)NC(=O)c1cncc(C(=O)N2CCN(c3ccccc3)CC2)c1. The number of benzene rings is 1. The lowest BCUT2D eigenvalue weighted by atomic mass is 10.1. The summed E-state index contributed by atoms with van der Waals surface area (Å²) in [6, 6.07) is 11.9. The van der Waals surface area contributed by atoms with Crippen LogP contribution < -0.4 is 10.2 Å². The van der Waals surface area contributed by atoms with Gasteiger partial charge in [0.1, 0.15) is 0 Å². The Morgan fingerprint density at radius 2 is 1.65 bits per heavy atom. The van der Waals surface area contributed by atoms with Crippen LogP contribution in [0.25, 0.3) is 0 Å². The third kappa shape index (κ3) is 4.20. The zero-order valence-corrected chi connectivity index (χ0v) is 15.2. The third-order valence-corrected chi connectivity index (χ3v) is 4.36. The smallest absolute Gasteiger partial charge is 0.255 e. The second-order valence-electron chi connectivity index (χ2n) is 6.71. The van der Waals surface area contributed by atoms with Gasteiger partial charge < -0.3 is 15.1 Å². The molecule has 0 unspecified atom stereocenters. The molecule has 1 aliphatic heterocycles. The fraction of sp³-hybridized carbons (Fsp3) is 0.350. The monoisotopic (exact) mass is 352 g/mol. The number of carbonyl (C=O) groups is 2. The number of hydrogen-bond donors (Lipinski definition) is 1. The van der Waals surface area contributed by atoms with Gasteiger partial charge in [0.15, 0.2) is 0 Å². The van der Waals surface area contributed by atoms with Crippen molar-refractivity contribution in [2.75, 3.05) is 31.1 Å². The van der Waals surface area contributed by atoms with Crippen LogP contribution in [-0.4, -0.2) is 53.9 Å². The summed E-state index contributed by atoms with van der Waals surface area (Å²) in [5.41, 5.74) is 2.04. The van der Waals surface area contributed by atoms with Crippen molar-refractivity contribution < 1.29 is 9.59 Å². The molecule has 0 spiro atoms. The Balaban J connectivity index is 1.64. The third-order valence-electron chi connectivity index (χ3n) is 4.36. The molecule has 1 N–H and O–H groups in total. The summed E-state index contributed by atoms with van der Waals surface area (Å²) in [6.45, 7) is 6.67. The Morgan fingerprint density at radius 3 is 2.31 bits per heavy atom. The van der Waals surface area contributed by atoms with Gasteiger partial charge in [0, 0.05) is 50.3 Å². The van der Waals surface area contributed by atoms with Crippen molar-refractivity contribution in [2.45, 2.75) is 19.9 Å². The molecule has 2 heterocycles. The molecular formula is C20H24N4O2. The number of hydrogen-bond acceptors (Lipinski definition) is 4. The van der Waals surface area contributed by atoms with Crippen LogP contribution in [-0.2, 0) is 0 Å². The Morgan fingerprint density at radius 1 is 1.00 bits per heavy atom. The largest absolute Gasteiger partial charge is 0.368 e. The predicted octanol–water partition coefficient (Wildman–Crippen LogP) is 2.18. The van der Waals surface area contributed by atoms with Gasteiger partial charge in [0.05, 0.1) is 11.1 Å². The van der Waals surface area contributed by atoms with Crippen molar-refractivity contribution in [1.29, 1.82) is 0 Å². The highest BCUT2D eigenvalue weighted by Gasteiger charge is 2.23. The summed E-state index contributed by atoms with van der Waals surface area (Å²) >= 11 is 0. The maximum absolute atomic E-state index is 12.8. The molecule has 1 aliphatic rings. The van der Waals surface area contributed by atoms with Crippen molar-refractivity contribution >= 4 is 17.5 Å². The van der Waals surface area contributed by atoms with Gasteiger partial charge in [-0.2, -0.15) is 0 Å². The van der Waals surface area contributed by atoms with Crippen LogP contribution in [0.4, 0.5) is 5.69 Å². The minimum Gasteiger partial charge on any atom is -0.368 e. The Kier molecular flexibility index (Phi) is 5.51. The highest BCUT2D eigenvalue weighted by Crippen LogP contribution is 2.17. The van der Waals surface area contributed by atoms with Crippen molar-refractivity contribution in [3.8, 4) is 0 Å². The molecule has 2 amide bonds. The van der Waals surface area contributed by atoms with Crippen LogP contribution in [0.1, 0.15) is 34.6 Å². The Hall–Kier alpha value is -2.89. The lowest BCUT2D eigenvalue weighted by molar-refractivity contribution is 0.0746. The molecule has 0 saturated carbocycles. The number of piperazine rings is 1. The zero-order valence-electron chi connectivity index (χ0n) is 15.2. The fourth-order valence-electron chi connectivity index (χ4n) is 3.02. The van der Waals surface area contributed by atoms with Crippen LogP contribution in [0.5, 0.6) is 0 Å². The highest BCUT2D eigenvalue weighted by molar-refractivity contribution is 5.99. The van der Waals surface area contributed by atoms with Crippen molar-refractivity contribution in [3.63, 3.8) is 0 Å². The number of nitrogens with one attached hydrogen (secondary N) is 1. The number of amides is 2. The molecule has 0 radical (unpaired) electrons. The van der Waals surface area contributed by atoms with Gasteiger partial charge in [-0.3, -0.25) is 14.6 Å². The quantitative estimate of drug-likeness (QED) is 0.916. The average Bonchev–Trinajstić information content (AvgIpc) is 2.68. The van der Waals surface area contributed by atoms with Crippen LogP contribution in [0.2, 0.25) is 0 Å². The van der Waals surface area contributed by atoms with E-state index < -0.39 is 0 Å². The highest BCUT2D eigenvalue weighted by atomic mass is 16.2. The maximum Gasteiger partial charge on any atom is 0.255 e. The molecule has 0 aliphatic carbocycles. The van der Waals surface area contributed by atoms with E-state index in [4.69, 9.17) is 0 Å². The summed E-state index contributed by atoms with van der Waals surface area (Å²) in [6.07, 6.45) is 3.01. The van der Waals surface area contributed by atoms with Gasteiger partial charge in [-0.25, -0.2) is 0 Å². The minimum absolute atomic E-state index is 0.0351. The fourth-order valence-corrected chi connectivity index (χ4v) is 3.02. The van der Waals surface area contributed by atoms with Gasteiger partial charge in [-0.15, -0.1) is 0 Å². The second kappa shape index (κ2) is 7.99. The first-order valence-electron chi connectivity index (χ1n) is 8.90. The summed E-state index contributed by atoms with van der Waals surface area (Å²) in [7, 11) is 0. The molecule has 0 bridgehead atoms. The summed E-state index contributed by atoms with van der Waals surface area (Å²) < 4.78 is 0. The standard InChI is InChI=1S/C20H24N4O2/c1-15(2)22-19(25)16-12-17(14-21-13-16)20(26)24-10-8-23(9-11-24)18-6-4-3-5-7-18/h3-7,12-15H,8-11H2,1-2H3,(H,22,25). The number of anilines is 1. The van der Waals surface area contributed by atoms with E-state index >= 15 is 0 Å². The molecule has 136 valence electrons.